The molecule has 0 aliphatic heterocycles. The predicted octanol–water partition coefficient (Wildman–Crippen LogP) is 5.12. The molecule has 130 valence electrons. The maximum Gasteiger partial charge on any atom is 0.139 e. The zero-order valence-corrected chi connectivity index (χ0v) is 14.9. The molecule has 4 aromatic rings. The highest BCUT2D eigenvalue weighted by molar-refractivity contribution is 7.17. The predicted molar refractivity (Wildman–Crippen MR) is 103 cm³/mol. The van der Waals surface area contributed by atoms with Crippen LogP contribution in [0, 0.1) is 5.82 Å². The highest BCUT2D eigenvalue weighted by atomic mass is 32.1. The number of thiophene rings is 1. The minimum atomic E-state index is -0.251. The first-order valence-corrected chi connectivity index (χ1v) is 8.98. The summed E-state index contributed by atoms with van der Waals surface area (Å²) in [5.41, 5.74) is 2.97. The second kappa shape index (κ2) is 7.09. The van der Waals surface area contributed by atoms with E-state index in [0.717, 1.165) is 38.5 Å². The van der Waals surface area contributed by atoms with Crippen LogP contribution in [0.5, 0.6) is 5.75 Å². The molecule has 26 heavy (non-hydrogen) atoms. The van der Waals surface area contributed by atoms with Gasteiger partial charge in [-0.25, -0.2) is 14.4 Å². The van der Waals surface area contributed by atoms with Crippen LogP contribution in [-0.4, -0.2) is 17.1 Å². The molecule has 2 heterocycles. The van der Waals surface area contributed by atoms with Crippen molar-refractivity contribution in [3.05, 3.63) is 71.6 Å². The van der Waals surface area contributed by atoms with E-state index in [-0.39, 0.29) is 5.82 Å². The quantitative estimate of drug-likeness (QED) is 0.533. The number of nitrogens with zero attached hydrogens (tertiary/aromatic N) is 2. The van der Waals surface area contributed by atoms with Gasteiger partial charge >= 0.3 is 0 Å². The lowest BCUT2D eigenvalue weighted by molar-refractivity contribution is 0.410. The average Bonchev–Trinajstić information content (AvgIpc) is 3.12. The molecule has 0 unspecified atom stereocenters. The van der Waals surface area contributed by atoms with Crippen LogP contribution in [0.2, 0.25) is 0 Å². The smallest absolute Gasteiger partial charge is 0.139 e. The number of hydrogen-bond acceptors (Lipinski definition) is 5. The number of rotatable bonds is 5. The molecule has 0 radical (unpaired) electrons. The highest BCUT2D eigenvalue weighted by Crippen LogP contribution is 2.36. The van der Waals surface area contributed by atoms with Gasteiger partial charge in [-0.3, -0.25) is 0 Å². The Bertz CT molecular complexity index is 1050. The SMILES string of the molecule is COc1ccccc1CNc1ncnc2scc(-c3ccc(F)cc3)c12. The number of fused-ring (bicyclic) bond motifs is 1. The minimum Gasteiger partial charge on any atom is -0.496 e. The maximum atomic E-state index is 13.3. The number of nitrogens with one attached hydrogen (secondary N) is 1. The normalized spacial score (nSPS) is 10.8. The number of aromatic nitrogens is 2. The van der Waals surface area contributed by atoms with Crippen LogP contribution < -0.4 is 10.1 Å². The van der Waals surface area contributed by atoms with E-state index in [1.54, 1.807) is 36.9 Å². The third-order valence-corrected chi connectivity index (χ3v) is 5.05. The van der Waals surface area contributed by atoms with Crippen molar-refractivity contribution in [1.29, 1.82) is 0 Å². The Morgan fingerprint density at radius 3 is 2.69 bits per heavy atom. The standard InChI is InChI=1S/C20H16FN3OS/c1-25-17-5-3-2-4-14(17)10-22-19-18-16(11-26-20(18)24-12-23-19)13-6-8-15(21)9-7-13/h2-9,11-12H,10H2,1H3,(H,22,23,24). The van der Waals surface area contributed by atoms with Crippen molar-refractivity contribution in [2.24, 2.45) is 0 Å². The molecule has 2 aromatic heterocycles. The van der Waals surface area contributed by atoms with Crippen LogP contribution in [-0.2, 0) is 6.54 Å². The van der Waals surface area contributed by atoms with Crippen molar-refractivity contribution in [2.45, 2.75) is 6.54 Å². The van der Waals surface area contributed by atoms with Crippen molar-refractivity contribution in [3.8, 4) is 16.9 Å². The fraction of sp³-hybridized carbons (Fsp3) is 0.100. The number of ether oxygens (including phenoxy) is 1. The van der Waals surface area contributed by atoms with Gasteiger partial charge in [-0.15, -0.1) is 11.3 Å². The number of para-hydroxylation sites is 1. The molecule has 0 saturated carbocycles. The van der Waals surface area contributed by atoms with Crippen LogP contribution in [0.15, 0.2) is 60.2 Å². The van der Waals surface area contributed by atoms with Crippen molar-refractivity contribution in [3.63, 3.8) is 0 Å². The summed E-state index contributed by atoms with van der Waals surface area (Å²) in [6.07, 6.45) is 1.55. The molecule has 1 N–H and O–H groups in total. The molecule has 0 aliphatic carbocycles. The van der Waals surface area contributed by atoms with Gasteiger partial charge in [0.25, 0.3) is 0 Å². The lowest BCUT2D eigenvalue weighted by atomic mass is 10.1. The Labute approximate surface area is 154 Å². The summed E-state index contributed by atoms with van der Waals surface area (Å²) in [4.78, 5) is 9.68. The Hall–Kier alpha value is -2.99. The average molecular weight is 365 g/mol. The van der Waals surface area contributed by atoms with Gasteiger partial charge in [0, 0.05) is 23.1 Å². The number of halogens is 1. The lowest BCUT2D eigenvalue weighted by Crippen LogP contribution is -2.04. The van der Waals surface area contributed by atoms with E-state index in [1.807, 2.05) is 29.6 Å². The molecule has 4 rings (SSSR count). The van der Waals surface area contributed by atoms with Crippen molar-refractivity contribution in [2.75, 3.05) is 12.4 Å². The number of anilines is 1. The number of hydrogen-bond donors (Lipinski definition) is 1. The molecule has 6 heteroatoms. The molecule has 0 aliphatic rings. The van der Waals surface area contributed by atoms with Gasteiger partial charge in [-0.1, -0.05) is 30.3 Å². The van der Waals surface area contributed by atoms with Gasteiger partial charge in [0.1, 0.15) is 28.5 Å². The van der Waals surface area contributed by atoms with E-state index in [4.69, 9.17) is 4.74 Å². The Kier molecular flexibility index (Phi) is 4.50. The fourth-order valence-electron chi connectivity index (χ4n) is 2.88. The lowest BCUT2D eigenvalue weighted by Gasteiger charge is -2.11. The van der Waals surface area contributed by atoms with Crippen LogP contribution in [0.1, 0.15) is 5.56 Å². The van der Waals surface area contributed by atoms with Gasteiger partial charge in [-0.2, -0.15) is 0 Å². The number of methoxy groups -OCH3 is 1. The Balaban J connectivity index is 1.71. The van der Waals surface area contributed by atoms with Crippen molar-refractivity contribution < 1.29 is 9.13 Å². The van der Waals surface area contributed by atoms with Gasteiger partial charge < -0.3 is 10.1 Å². The van der Waals surface area contributed by atoms with E-state index in [9.17, 15) is 4.39 Å². The summed E-state index contributed by atoms with van der Waals surface area (Å²) in [6.45, 7) is 0.578. The fourth-order valence-corrected chi connectivity index (χ4v) is 3.79. The summed E-state index contributed by atoms with van der Waals surface area (Å²) in [7, 11) is 1.66. The van der Waals surface area contributed by atoms with E-state index in [2.05, 4.69) is 15.3 Å². The number of benzene rings is 2. The van der Waals surface area contributed by atoms with Crippen LogP contribution in [0.25, 0.3) is 21.3 Å². The molecule has 0 spiro atoms. The Morgan fingerprint density at radius 2 is 1.88 bits per heavy atom. The van der Waals surface area contributed by atoms with E-state index < -0.39 is 0 Å². The van der Waals surface area contributed by atoms with Gasteiger partial charge in [0.05, 0.1) is 12.5 Å². The summed E-state index contributed by atoms with van der Waals surface area (Å²) in [5, 5.41) is 6.36. The van der Waals surface area contributed by atoms with Crippen molar-refractivity contribution in [1.82, 2.24) is 9.97 Å². The van der Waals surface area contributed by atoms with Gasteiger partial charge in [-0.05, 0) is 23.8 Å². The molecule has 0 bridgehead atoms. The molecular formula is C20H16FN3OS. The minimum absolute atomic E-state index is 0.251. The highest BCUT2D eigenvalue weighted by Gasteiger charge is 2.13. The largest absolute Gasteiger partial charge is 0.496 e. The third-order valence-electron chi connectivity index (χ3n) is 4.16. The third kappa shape index (κ3) is 3.11. The van der Waals surface area contributed by atoms with E-state index in [0.29, 0.717) is 6.54 Å². The van der Waals surface area contributed by atoms with Crippen LogP contribution in [0.3, 0.4) is 0 Å². The summed E-state index contributed by atoms with van der Waals surface area (Å²) in [6, 6.07) is 14.3. The Morgan fingerprint density at radius 1 is 1.08 bits per heavy atom. The molecular weight excluding hydrogens is 349 g/mol. The monoisotopic (exact) mass is 365 g/mol. The summed E-state index contributed by atoms with van der Waals surface area (Å²) < 4.78 is 18.7. The van der Waals surface area contributed by atoms with Gasteiger partial charge in [0.15, 0.2) is 0 Å². The summed E-state index contributed by atoms with van der Waals surface area (Å²) >= 11 is 1.55. The van der Waals surface area contributed by atoms with E-state index in [1.165, 1.54) is 12.1 Å². The van der Waals surface area contributed by atoms with E-state index >= 15 is 0 Å². The summed E-state index contributed by atoms with van der Waals surface area (Å²) in [5.74, 6) is 1.33. The van der Waals surface area contributed by atoms with Crippen molar-refractivity contribution >= 4 is 27.4 Å². The second-order valence-electron chi connectivity index (χ2n) is 5.72. The van der Waals surface area contributed by atoms with Crippen LogP contribution >= 0.6 is 11.3 Å². The first-order chi connectivity index (χ1) is 12.8. The molecule has 0 amide bonds. The molecule has 0 atom stereocenters. The second-order valence-corrected chi connectivity index (χ2v) is 6.58. The molecule has 0 saturated heterocycles. The molecule has 0 fully saturated rings. The first-order valence-electron chi connectivity index (χ1n) is 8.10. The maximum absolute atomic E-state index is 13.3. The topological polar surface area (TPSA) is 47.0 Å². The van der Waals surface area contributed by atoms with Gasteiger partial charge in [0.2, 0.25) is 0 Å². The zero-order chi connectivity index (χ0) is 17.9. The van der Waals surface area contributed by atoms with Crippen LogP contribution in [0.4, 0.5) is 10.2 Å². The first kappa shape index (κ1) is 16.5. The molecule has 4 nitrogen and oxygen atoms in total. The molecule has 2 aromatic carbocycles. The zero-order valence-electron chi connectivity index (χ0n) is 14.1.